The molecule has 56 heavy (non-hydrogen) atoms. The third-order valence-electron chi connectivity index (χ3n) is 7.35. The topological polar surface area (TPSA) is 123 Å². The van der Waals surface area contributed by atoms with E-state index < -0.39 is 105 Å². The van der Waals surface area contributed by atoms with Crippen molar-refractivity contribution in [2.75, 3.05) is 38.8 Å². The number of rotatable bonds is 6. The third kappa shape index (κ3) is 15.0. The van der Waals surface area contributed by atoms with E-state index in [9.17, 15) is 71.9 Å². The molecule has 2 atom stereocenters. The van der Waals surface area contributed by atoms with Crippen LogP contribution in [0.4, 0.5) is 73.6 Å². The van der Waals surface area contributed by atoms with Crippen LogP contribution in [0.25, 0.3) is 0 Å². The average Bonchev–Trinajstić information content (AvgIpc) is 2.99. The van der Waals surface area contributed by atoms with Crippen LogP contribution < -0.4 is 21.3 Å². The molecule has 0 heterocycles. The van der Waals surface area contributed by atoms with Gasteiger partial charge < -0.3 is 31.1 Å². The van der Waals surface area contributed by atoms with Gasteiger partial charge in [-0.25, -0.2) is 9.59 Å². The first kappa shape index (κ1) is 49.1. The number of halogens is 12. The average molecular weight is 827 g/mol. The first-order valence-corrected chi connectivity index (χ1v) is 16.0. The molecular weight excluding hydrogens is 784 g/mol. The molecule has 22 heteroatoms. The van der Waals surface area contributed by atoms with E-state index in [-0.39, 0.29) is 12.1 Å². The SMILES string of the molecule is CN(C)C(=O)[C@@H](NC(=O)Nc1cc(C(F)(F)F)cc(C(F)(F)F)c1)C(C)(C)C.CN(C)C(=O)[C@@H](NC(=O)Nc1cc(C(F)(F)F)cc(C(F)(F)F)c1)C(C)(C)C. The first-order valence-electron chi connectivity index (χ1n) is 16.0. The van der Waals surface area contributed by atoms with E-state index in [0.29, 0.717) is 24.3 Å². The van der Waals surface area contributed by atoms with Crippen molar-refractivity contribution < 1.29 is 71.9 Å². The van der Waals surface area contributed by atoms with Gasteiger partial charge in [0.2, 0.25) is 11.8 Å². The summed E-state index contributed by atoms with van der Waals surface area (Å²) >= 11 is 0. The molecule has 0 aliphatic heterocycles. The van der Waals surface area contributed by atoms with Gasteiger partial charge in [0.15, 0.2) is 0 Å². The van der Waals surface area contributed by atoms with Crippen LogP contribution in [0.2, 0.25) is 0 Å². The molecule has 0 spiro atoms. The monoisotopic (exact) mass is 826 g/mol. The highest BCUT2D eigenvalue weighted by atomic mass is 19.4. The Morgan fingerprint density at radius 3 is 0.821 bits per heavy atom. The van der Waals surface area contributed by atoms with E-state index in [1.54, 1.807) is 41.5 Å². The Labute approximate surface area is 314 Å². The molecule has 4 N–H and O–H groups in total. The second-order valence-electron chi connectivity index (χ2n) is 14.8. The summed E-state index contributed by atoms with van der Waals surface area (Å²) in [7, 11) is 5.79. The van der Waals surface area contributed by atoms with Gasteiger partial charge in [0, 0.05) is 39.6 Å². The number of urea groups is 2. The molecule has 0 unspecified atom stereocenters. The maximum atomic E-state index is 12.9. The number of benzene rings is 2. The molecule has 0 aromatic heterocycles. The van der Waals surface area contributed by atoms with Crippen molar-refractivity contribution in [3.63, 3.8) is 0 Å². The molecule has 6 amide bonds. The van der Waals surface area contributed by atoms with Crippen LogP contribution in [-0.2, 0) is 34.3 Å². The normalized spacial score (nSPS) is 13.7. The summed E-state index contributed by atoms with van der Waals surface area (Å²) in [5.41, 5.74) is -9.17. The van der Waals surface area contributed by atoms with E-state index in [1.807, 2.05) is 10.6 Å². The Morgan fingerprint density at radius 1 is 0.446 bits per heavy atom. The van der Waals surface area contributed by atoms with Crippen LogP contribution in [0.3, 0.4) is 0 Å². The second-order valence-corrected chi connectivity index (χ2v) is 14.8. The van der Waals surface area contributed by atoms with Gasteiger partial charge in [-0.05, 0) is 47.2 Å². The zero-order valence-electron chi connectivity index (χ0n) is 31.7. The minimum absolute atomic E-state index is 0.0450. The summed E-state index contributed by atoms with van der Waals surface area (Å²) in [6, 6.07) is -2.89. The van der Waals surface area contributed by atoms with E-state index in [1.165, 1.54) is 38.0 Å². The minimum Gasteiger partial charge on any atom is -0.347 e. The predicted molar refractivity (Wildman–Crippen MR) is 181 cm³/mol. The summed E-state index contributed by atoms with van der Waals surface area (Å²) in [5, 5.41) is 8.48. The van der Waals surface area contributed by atoms with Gasteiger partial charge in [-0.3, -0.25) is 9.59 Å². The van der Waals surface area contributed by atoms with Crippen molar-refractivity contribution in [2.24, 2.45) is 10.8 Å². The molecule has 0 aliphatic rings. The Balaban J connectivity index is 0.000000560. The number of carbonyl (C=O) groups excluding carboxylic acids is 4. The smallest absolute Gasteiger partial charge is 0.347 e. The number of anilines is 2. The molecule has 0 radical (unpaired) electrons. The highest BCUT2D eigenvalue weighted by Crippen LogP contribution is 2.39. The lowest BCUT2D eigenvalue weighted by atomic mass is 9.86. The van der Waals surface area contributed by atoms with Gasteiger partial charge in [0.05, 0.1) is 22.3 Å². The zero-order chi connectivity index (χ0) is 44.2. The van der Waals surface area contributed by atoms with Crippen molar-refractivity contribution >= 4 is 35.3 Å². The van der Waals surface area contributed by atoms with Crippen molar-refractivity contribution in [3.8, 4) is 0 Å². The van der Waals surface area contributed by atoms with E-state index >= 15 is 0 Å². The Kier molecular flexibility index (Phi) is 15.3. The number of amides is 6. The van der Waals surface area contributed by atoms with E-state index in [2.05, 4.69) is 10.6 Å². The molecule has 0 fully saturated rings. The second kappa shape index (κ2) is 17.5. The standard InChI is InChI=1S/2C17H21F6N3O2/c2*1-15(2,3)12(13(27)26(4)5)25-14(28)24-11-7-9(16(18,19)20)6-10(8-11)17(21,22)23/h2*6-8,12H,1-5H3,(H2,24,25,28)/t2*12-/m11/s1. The van der Waals surface area contributed by atoms with Gasteiger partial charge in [0.1, 0.15) is 12.1 Å². The zero-order valence-corrected chi connectivity index (χ0v) is 31.7. The largest absolute Gasteiger partial charge is 0.416 e. The van der Waals surface area contributed by atoms with Crippen LogP contribution >= 0.6 is 0 Å². The highest BCUT2D eigenvalue weighted by molar-refractivity contribution is 5.95. The van der Waals surface area contributed by atoms with Crippen LogP contribution in [0.5, 0.6) is 0 Å². The van der Waals surface area contributed by atoms with E-state index in [0.717, 1.165) is 0 Å². The summed E-state index contributed by atoms with van der Waals surface area (Å²) in [5.74, 6) is -0.967. The molecule has 0 saturated carbocycles. The summed E-state index contributed by atoms with van der Waals surface area (Å²) in [6.45, 7) is 9.87. The fourth-order valence-corrected chi connectivity index (χ4v) is 4.46. The quantitative estimate of drug-likeness (QED) is 0.218. The Bertz CT molecular complexity index is 1530. The number of nitrogens with one attached hydrogen (secondary N) is 4. The van der Waals surface area contributed by atoms with Gasteiger partial charge in [0.25, 0.3) is 0 Å². The van der Waals surface area contributed by atoms with Gasteiger partial charge in [-0.2, -0.15) is 52.7 Å². The molecule has 2 aromatic rings. The summed E-state index contributed by atoms with van der Waals surface area (Å²) < 4.78 is 155. The summed E-state index contributed by atoms with van der Waals surface area (Å²) in [4.78, 5) is 51.2. The van der Waals surface area contributed by atoms with Crippen molar-refractivity contribution in [2.45, 2.75) is 78.3 Å². The minimum atomic E-state index is -5.04. The van der Waals surface area contributed by atoms with Crippen LogP contribution in [-0.4, -0.2) is 74.0 Å². The van der Waals surface area contributed by atoms with Gasteiger partial charge >= 0.3 is 36.8 Å². The number of hydrogen-bond donors (Lipinski definition) is 4. The molecule has 0 aliphatic carbocycles. The lowest BCUT2D eigenvalue weighted by Gasteiger charge is -2.32. The van der Waals surface area contributed by atoms with Crippen LogP contribution in [0, 0.1) is 10.8 Å². The number of hydrogen-bond acceptors (Lipinski definition) is 4. The molecule has 0 bridgehead atoms. The van der Waals surface area contributed by atoms with Gasteiger partial charge in [-0.15, -0.1) is 0 Å². The van der Waals surface area contributed by atoms with Gasteiger partial charge in [-0.1, -0.05) is 41.5 Å². The van der Waals surface area contributed by atoms with Crippen LogP contribution in [0.1, 0.15) is 63.8 Å². The first-order chi connectivity index (χ1) is 24.8. The number of nitrogens with zero attached hydrogens (tertiary/aromatic N) is 2. The number of alkyl halides is 12. The number of carbonyl (C=O) groups is 4. The van der Waals surface area contributed by atoms with Crippen molar-refractivity contribution in [1.82, 2.24) is 20.4 Å². The molecule has 2 aromatic carbocycles. The maximum Gasteiger partial charge on any atom is 0.416 e. The molecule has 0 saturated heterocycles. The molecular formula is C34H42F12N6O4. The number of likely N-dealkylation sites (N-methyl/N-ethyl adjacent to an activating group) is 2. The Morgan fingerprint density at radius 2 is 0.661 bits per heavy atom. The fourth-order valence-electron chi connectivity index (χ4n) is 4.46. The highest BCUT2D eigenvalue weighted by Gasteiger charge is 2.40. The van der Waals surface area contributed by atoms with Crippen molar-refractivity contribution in [1.29, 1.82) is 0 Å². The molecule has 2 rings (SSSR count). The fraction of sp³-hybridized carbons (Fsp3) is 0.529. The molecule has 316 valence electrons. The molecule has 10 nitrogen and oxygen atoms in total. The maximum absolute atomic E-state index is 12.9. The third-order valence-corrected chi connectivity index (χ3v) is 7.35. The lowest BCUT2D eigenvalue weighted by Crippen LogP contribution is -2.54. The predicted octanol–water partition coefficient (Wildman–Crippen LogP) is 8.70. The Hall–Kier alpha value is -4.92. The van der Waals surface area contributed by atoms with Crippen molar-refractivity contribution in [3.05, 3.63) is 58.7 Å². The van der Waals surface area contributed by atoms with Crippen LogP contribution in [0.15, 0.2) is 36.4 Å². The summed E-state index contributed by atoms with van der Waals surface area (Å²) in [6.07, 6.45) is -20.2. The lowest BCUT2D eigenvalue weighted by molar-refractivity contribution is -0.144. The van der Waals surface area contributed by atoms with E-state index in [4.69, 9.17) is 0 Å².